The quantitative estimate of drug-likeness (QED) is 0.547. The van der Waals surface area contributed by atoms with E-state index in [0.29, 0.717) is 28.4 Å². The molecule has 1 atom stereocenters. The monoisotopic (exact) mass is 480 g/mol. The van der Waals surface area contributed by atoms with E-state index in [4.69, 9.17) is 11.6 Å². The minimum atomic E-state index is -0.425. The van der Waals surface area contributed by atoms with E-state index in [1.807, 2.05) is 48.0 Å². The molecule has 1 N–H and O–H groups in total. The molecule has 1 heterocycles. The van der Waals surface area contributed by atoms with Crippen LogP contribution >= 0.6 is 11.6 Å². The Bertz CT molecular complexity index is 1060. The number of aromatic nitrogens is 1. The maximum Gasteiger partial charge on any atom is 1.00 e. The zero-order valence-electron chi connectivity index (χ0n) is 18.6. The molecule has 1 aromatic heterocycles. The van der Waals surface area contributed by atoms with Gasteiger partial charge in [0.15, 0.2) is 0 Å². The third-order valence-electron chi connectivity index (χ3n) is 6.53. The van der Waals surface area contributed by atoms with E-state index < -0.39 is 5.82 Å². The van der Waals surface area contributed by atoms with Gasteiger partial charge in [-0.15, -0.1) is 6.61 Å². The number of carbonyl (C=O) groups is 1. The summed E-state index contributed by atoms with van der Waals surface area (Å²) in [5.41, 5.74) is 2.10. The molecule has 1 aliphatic carbocycles. The maximum absolute atomic E-state index is 14.3. The van der Waals surface area contributed by atoms with Crippen LogP contribution < -0.4 is 61.8 Å². The Morgan fingerprint density at radius 3 is 2.53 bits per heavy atom. The summed E-state index contributed by atoms with van der Waals surface area (Å²) in [4.78, 5) is 13.2. The van der Waals surface area contributed by atoms with E-state index in [2.05, 4.69) is 5.32 Å². The first-order valence-electron chi connectivity index (χ1n) is 10.9. The molecule has 32 heavy (non-hydrogen) atoms. The van der Waals surface area contributed by atoms with E-state index in [9.17, 15) is 14.3 Å². The average molecular weight is 481 g/mol. The van der Waals surface area contributed by atoms with Crippen LogP contribution in [-0.2, 0) is 6.54 Å². The van der Waals surface area contributed by atoms with Gasteiger partial charge in [0.1, 0.15) is 5.82 Å². The van der Waals surface area contributed by atoms with Gasteiger partial charge in [-0.05, 0) is 61.6 Å². The Morgan fingerprint density at radius 1 is 1.19 bits per heavy atom. The van der Waals surface area contributed by atoms with Crippen LogP contribution in [0.15, 0.2) is 48.7 Å². The van der Waals surface area contributed by atoms with E-state index in [0.717, 1.165) is 36.8 Å². The third kappa shape index (κ3) is 6.03. The summed E-state index contributed by atoms with van der Waals surface area (Å²) in [5, 5.41) is 15.6. The second kappa shape index (κ2) is 11.6. The molecular formula is C25H27ClFKN2O2. The van der Waals surface area contributed by atoms with E-state index >= 15 is 0 Å². The van der Waals surface area contributed by atoms with Gasteiger partial charge < -0.3 is 15.0 Å². The van der Waals surface area contributed by atoms with E-state index in [-0.39, 0.29) is 75.9 Å². The second-order valence-electron chi connectivity index (χ2n) is 8.67. The summed E-state index contributed by atoms with van der Waals surface area (Å²) >= 11 is 5.98. The molecule has 1 saturated carbocycles. The largest absolute Gasteiger partial charge is 1.00 e. The van der Waals surface area contributed by atoms with Crippen LogP contribution in [0, 0.1) is 17.7 Å². The topological polar surface area (TPSA) is 57.1 Å². The summed E-state index contributed by atoms with van der Waals surface area (Å²) in [7, 11) is 0. The molecule has 2 aromatic carbocycles. The predicted molar refractivity (Wildman–Crippen MR) is 120 cm³/mol. The zero-order valence-corrected chi connectivity index (χ0v) is 22.5. The van der Waals surface area contributed by atoms with Crippen molar-refractivity contribution in [2.45, 2.75) is 45.2 Å². The zero-order chi connectivity index (χ0) is 22.0. The number of halogens is 2. The van der Waals surface area contributed by atoms with Gasteiger partial charge in [0.05, 0.1) is 11.1 Å². The number of carbonyl (C=O) groups excluding carboxylic acids is 1. The maximum atomic E-state index is 14.3. The van der Waals surface area contributed by atoms with Gasteiger partial charge in [0.2, 0.25) is 0 Å². The van der Waals surface area contributed by atoms with E-state index in [1.54, 1.807) is 0 Å². The molecule has 0 aliphatic heterocycles. The van der Waals surface area contributed by atoms with Gasteiger partial charge in [0.25, 0.3) is 5.91 Å². The number of hydrogen-bond acceptors (Lipinski definition) is 2. The SMILES string of the molecule is CC(NC(=O)c1cc(F)cc2ccn(Cc3ccc(Cl)cc3)c12)C1CCC(C[O-])CC1.[K+]. The minimum absolute atomic E-state index is 0. The first kappa shape index (κ1) is 25.9. The number of hydrogen-bond donors (Lipinski definition) is 1. The standard InChI is InChI=1S/C25H27ClFN2O2.K/c1-16(19-6-2-18(15-30)3-7-19)28-25(31)23-13-22(27)12-20-10-11-29(24(20)23)14-17-4-8-21(26)9-5-17;/h4-5,8-13,16,18-19H,2-3,6-7,14-15H2,1H3,(H,28,31);/q-1;+1. The molecule has 3 aromatic rings. The summed E-state index contributed by atoms with van der Waals surface area (Å²) in [6.45, 7) is 2.55. The molecule has 1 aliphatic rings. The first-order chi connectivity index (χ1) is 14.9. The second-order valence-corrected chi connectivity index (χ2v) is 9.11. The Kier molecular flexibility index (Phi) is 9.38. The van der Waals surface area contributed by atoms with Crippen molar-refractivity contribution in [3.8, 4) is 0 Å². The molecule has 4 rings (SSSR count). The normalized spacial score (nSPS) is 19.4. The molecule has 0 bridgehead atoms. The number of rotatable bonds is 6. The summed E-state index contributed by atoms with van der Waals surface area (Å²) in [5.74, 6) is -0.0840. The Hall–Kier alpha value is -0.734. The van der Waals surface area contributed by atoms with Gasteiger partial charge in [0, 0.05) is 29.2 Å². The van der Waals surface area contributed by atoms with E-state index in [1.165, 1.54) is 12.1 Å². The van der Waals surface area contributed by atoms with Gasteiger partial charge >= 0.3 is 51.4 Å². The fourth-order valence-corrected chi connectivity index (χ4v) is 4.79. The molecule has 164 valence electrons. The Balaban J connectivity index is 0.00000289. The van der Waals surface area contributed by atoms with Crippen LogP contribution in [0.5, 0.6) is 0 Å². The molecule has 7 heteroatoms. The van der Waals surface area contributed by atoms with Crippen LogP contribution in [0.1, 0.15) is 48.5 Å². The molecule has 4 nitrogen and oxygen atoms in total. The number of fused-ring (bicyclic) bond motifs is 1. The fourth-order valence-electron chi connectivity index (χ4n) is 4.66. The van der Waals surface area contributed by atoms with Crippen LogP contribution in [0.2, 0.25) is 5.02 Å². The van der Waals surface area contributed by atoms with Crippen molar-refractivity contribution in [3.05, 3.63) is 70.6 Å². The Labute approximate surface area is 235 Å². The molecular weight excluding hydrogens is 454 g/mol. The van der Waals surface area contributed by atoms with Crippen molar-refractivity contribution >= 4 is 28.4 Å². The molecule has 0 saturated heterocycles. The molecule has 1 fully saturated rings. The molecule has 1 amide bonds. The molecule has 0 spiro atoms. The predicted octanol–water partition coefficient (Wildman–Crippen LogP) is 1.77. The van der Waals surface area contributed by atoms with Crippen molar-refractivity contribution in [1.29, 1.82) is 0 Å². The minimum Gasteiger partial charge on any atom is -0.854 e. The number of nitrogens with zero attached hydrogens (tertiary/aromatic N) is 1. The van der Waals surface area contributed by atoms with Crippen LogP contribution in [0.25, 0.3) is 10.9 Å². The van der Waals surface area contributed by atoms with Crippen LogP contribution in [0.3, 0.4) is 0 Å². The number of nitrogens with one attached hydrogen (secondary N) is 1. The van der Waals surface area contributed by atoms with Gasteiger partial charge in [-0.25, -0.2) is 4.39 Å². The Morgan fingerprint density at radius 2 is 1.88 bits per heavy atom. The number of benzene rings is 2. The fraction of sp³-hybridized carbons (Fsp3) is 0.400. The first-order valence-corrected chi connectivity index (χ1v) is 11.2. The van der Waals surface area contributed by atoms with Gasteiger partial charge in [-0.3, -0.25) is 4.79 Å². The van der Waals surface area contributed by atoms with Crippen molar-refractivity contribution in [3.63, 3.8) is 0 Å². The average Bonchev–Trinajstić information content (AvgIpc) is 3.17. The summed E-state index contributed by atoms with van der Waals surface area (Å²) in [6.07, 6.45) is 5.61. The van der Waals surface area contributed by atoms with Crippen molar-refractivity contribution < 1.29 is 65.7 Å². The molecule has 1 unspecified atom stereocenters. The van der Waals surface area contributed by atoms with Crippen molar-refractivity contribution in [2.75, 3.05) is 6.61 Å². The van der Waals surface area contributed by atoms with Crippen LogP contribution in [0.4, 0.5) is 4.39 Å². The molecule has 0 radical (unpaired) electrons. The van der Waals surface area contributed by atoms with Gasteiger partial charge in [-0.1, -0.05) is 42.5 Å². The van der Waals surface area contributed by atoms with Crippen molar-refractivity contribution in [1.82, 2.24) is 9.88 Å². The van der Waals surface area contributed by atoms with Crippen LogP contribution in [-0.4, -0.2) is 23.1 Å². The number of amides is 1. The summed E-state index contributed by atoms with van der Waals surface area (Å²) < 4.78 is 16.2. The van der Waals surface area contributed by atoms with Gasteiger partial charge in [-0.2, -0.15) is 0 Å². The third-order valence-corrected chi connectivity index (χ3v) is 6.78. The smallest absolute Gasteiger partial charge is 0.854 e. The summed E-state index contributed by atoms with van der Waals surface area (Å²) in [6, 6.07) is 12.1. The van der Waals surface area contributed by atoms with Crippen molar-refractivity contribution in [2.24, 2.45) is 11.8 Å².